The number of thiazole rings is 1. The number of aromatic nitrogens is 1. The highest BCUT2D eigenvalue weighted by molar-refractivity contribution is 9.10. The lowest BCUT2D eigenvalue weighted by Crippen LogP contribution is -1.55. The minimum atomic E-state index is 0.576. The molecule has 0 atom stereocenters. The van der Waals surface area contributed by atoms with Crippen molar-refractivity contribution in [1.29, 1.82) is 0 Å². The number of hydrogen-bond donors (Lipinski definition) is 0. The van der Waals surface area contributed by atoms with Crippen molar-refractivity contribution < 1.29 is 0 Å². The molecule has 0 radical (unpaired) electrons. The molecule has 1 aromatic rings. The zero-order valence-corrected chi connectivity index (χ0v) is 6.35. The third-order valence-corrected chi connectivity index (χ3v) is 2.14. The maximum atomic E-state index is 5.44. The van der Waals surface area contributed by atoms with Crippen LogP contribution in [0.25, 0.3) is 0 Å². The van der Waals surface area contributed by atoms with E-state index in [4.69, 9.17) is 11.6 Å². The van der Waals surface area contributed by atoms with E-state index < -0.39 is 0 Å². The monoisotopic (exact) mass is 197 g/mol. The molecule has 1 aromatic heterocycles. The van der Waals surface area contributed by atoms with E-state index in [-0.39, 0.29) is 0 Å². The predicted molar refractivity (Wildman–Crippen MR) is 34.8 cm³/mol. The highest BCUT2D eigenvalue weighted by atomic mass is 79.9. The van der Waals surface area contributed by atoms with E-state index >= 15 is 0 Å². The maximum Gasteiger partial charge on any atom is 0.184 e. The summed E-state index contributed by atoms with van der Waals surface area (Å²) in [7, 11) is 0. The Hall–Kier alpha value is 0.400. The first kappa shape index (κ1) is 5.54. The van der Waals surface area contributed by atoms with Gasteiger partial charge in [-0.15, -0.1) is 11.3 Å². The molecule has 0 saturated carbocycles. The average molecular weight is 198 g/mol. The Bertz CT molecular complexity index is 147. The van der Waals surface area contributed by atoms with Gasteiger partial charge in [0.25, 0.3) is 0 Å². The van der Waals surface area contributed by atoms with E-state index in [0.717, 1.165) is 4.60 Å². The molecule has 1 nitrogen and oxygen atoms in total. The fourth-order valence-corrected chi connectivity index (χ4v) is 1.53. The van der Waals surface area contributed by atoms with Crippen molar-refractivity contribution in [3.8, 4) is 0 Å². The van der Waals surface area contributed by atoms with Gasteiger partial charge in [0.15, 0.2) is 4.47 Å². The fraction of sp³-hybridized carbons (Fsp3) is 0. The zero-order chi connectivity index (χ0) is 5.28. The number of rotatable bonds is 0. The van der Waals surface area contributed by atoms with Crippen molar-refractivity contribution in [3.63, 3.8) is 0 Å². The second-order valence-corrected chi connectivity index (χ2v) is 3.18. The molecule has 1 rings (SSSR count). The summed E-state index contributed by atoms with van der Waals surface area (Å²) in [4.78, 5) is 3.81. The molecule has 0 aromatic carbocycles. The van der Waals surface area contributed by atoms with Gasteiger partial charge in [-0.3, -0.25) is 0 Å². The summed E-state index contributed by atoms with van der Waals surface area (Å²) < 4.78 is 1.38. The first-order chi connectivity index (χ1) is 3.29. The van der Waals surface area contributed by atoms with Crippen molar-refractivity contribution in [1.82, 2.24) is 4.98 Å². The molecular weight excluding hydrogens is 197 g/mol. The highest BCUT2D eigenvalue weighted by Gasteiger charge is 1.90. The van der Waals surface area contributed by atoms with Gasteiger partial charge in [-0.05, 0) is 15.9 Å². The van der Waals surface area contributed by atoms with Gasteiger partial charge in [-0.2, -0.15) is 0 Å². The van der Waals surface area contributed by atoms with Crippen molar-refractivity contribution in [2.75, 3.05) is 0 Å². The van der Waals surface area contributed by atoms with E-state index in [1.807, 2.05) is 5.38 Å². The minimum absolute atomic E-state index is 0.576. The minimum Gasteiger partial charge on any atom is -0.218 e. The number of halogens is 2. The summed E-state index contributed by atoms with van der Waals surface area (Å²) in [6.45, 7) is 0. The lowest BCUT2D eigenvalue weighted by atomic mass is 11.0. The molecule has 0 saturated heterocycles. The molecule has 0 spiro atoms. The van der Waals surface area contributed by atoms with Crippen LogP contribution >= 0.6 is 38.9 Å². The molecule has 0 bridgehead atoms. The molecule has 0 amide bonds. The summed E-state index contributed by atoms with van der Waals surface area (Å²) in [5.41, 5.74) is 0. The largest absolute Gasteiger partial charge is 0.218 e. The van der Waals surface area contributed by atoms with Gasteiger partial charge in [-0.1, -0.05) is 11.6 Å². The summed E-state index contributed by atoms with van der Waals surface area (Å²) in [5, 5.41) is 1.84. The average Bonchev–Trinajstić information content (AvgIpc) is 1.87. The predicted octanol–water partition coefficient (Wildman–Crippen LogP) is 2.56. The first-order valence-corrected chi connectivity index (χ1v) is 3.60. The smallest absolute Gasteiger partial charge is 0.184 e. The molecule has 0 N–H and O–H groups in total. The molecule has 0 fully saturated rings. The number of nitrogens with zero attached hydrogens (tertiary/aromatic N) is 1. The van der Waals surface area contributed by atoms with E-state index in [2.05, 4.69) is 20.9 Å². The van der Waals surface area contributed by atoms with Crippen molar-refractivity contribution in [3.05, 3.63) is 14.5 Å². The standard InChI is InChI=1S/C3HBrClNS/c4-2-1-7-3(5)6-2/h1H. The van der Waals surface area contributed by atoms with Crippen LogP contribution < -0.4 is 0 Å². The first-order valence-electron chi connectivity index (χ1n) is 1.55. The van der Waals surface area contributed by atoms with Crippen LogP contribution in [0.3, 0.4) is 0 Å². The van der Waals surface area contributed by atoms with Gasteiger partial charge < -0.3 is 0 Å². The van der Waals surface area contributed by atoms with E-state index in [1.54, 1.807) is 0 Å². The number of hydrogen-bond acceptors (Lipinski definition) is 2. The van der Waals surface area contributed by atoms with Crippen LogP contribution in [-0.2, 0) is 0 Å². The van der Waals surface area contributed by atoms with Crippen molar-refractivity contribution >= 4 is 38.9 Å². The molecule has 1 heterocycles. The van der Waals surface area contributed by atoms with Crippen LogP contribution in [0, 0.1) is 0 Å². The molecule has 38 valence electrons. The van der Waals surface area contributed by atoms with Gasteiger partial charge in [-0.25, -0.2) is 4.98 Å². The molecule has 0 aliphatic heterocycles. The highest BCUT2D eigenvalue weighted by Crippen LogP contribution is 2.18. The molecule has 0 aliphatic carbocycles. The normalized spacial score (nSPS) is 9.43. The molecule has 7 heavy (non-hydrogen) atoms. The fourth-order valence-electron chi connectivity index (χ4n) is 0.234. The topological polar surface area (TPSA) is 12.9 Å². The lowest BCUT2D eigenvalue weighted by Gasteiger charge is -1.66. The molecule has 4 heteroatoms. The van der Waals surface area contributed by atoms with Crippen LogP contribution in [0.4, 0.5) is 0 Å². The van der Waals surface area contributed by atoms with Gasteiger partial charge in [0, 0.05) is 5.38 Å². The Balaban J connectivity index is 3.04. The lowest BCUT2D eigenvalue weighted by molar-refractivity contribution is 1.37. The zero-order valence-electron chi connectivity index (χ0n) is 3.19. The van der Waals surface area contributed by atoms with Crippen LogP contribution in [0.5, 0.6) is 0 Å². The maximum absolute atomic E-state index is 5.44. The Kier molecular flexibility index (Phi) is 1.67. The van der Waals surface area contributed by atoms with Gasteiger partial charge in [0.1, 0.15) is 4.60 Å². The van der Waals surface area contributed by atoms with Gasteiger partial charge >= 0.3 is 0 Å². The molecular formula is C3HBrClNS. The summed E-state index contributed by atoms with van der Waals surface area (Å²) >= 11 is 10.00. The second-order valence-electron chi connectivity index (χ2n) is 0.923. The van der Waals surface area contributed by atoms with Gasteiger partial charge in [0.2, 0.25) is 0 Å². The van der Waals surface area contributed by atoms with Crippen molar-refractivity contribution in [2.45, 2.75) is 0 Å². The molecule has 0 unspecified atom stereocenters. The Labute approximate surface area is 58.5 Å². The molecule has 0 aliphatic rings. The third-order valence-electron chi connectivity index (χ3n) is 0.448. The van der Waals surface area contributed by atoms with E-state index in [0.29, 0.717) is 4.47 Å². The van der Waals surface area contributed by atoms with Gasteiger partial charge in [0.05, 0.1) is 0 Å². The summed E-state index contributed by atoms with van der Waals surface area (Å²) in [6.07, 6.45) is 0. The Morgan fingerprint density at radius 2 is 2.57 bits per heavy atom. The Morgan fingerprint density at radius 1 is 1.86 bits per heavy atom. The van der Waals surface area contributed by atoms with E-state index in [9.17, 15) is 0 Å². The van der Waals surface area contributed by atoms with Crippen LogP contribution in [-0.4, -0.2) is 4.98 Å². The Morgan fingerprint density at radius 3 is 2.71 bits per heavy atom. The van der Waals surface area contributed by atoms with Crippen LogP contribution in [0.1, 0.15) is 0 Å². The summed E-state index contributed by atoms with van der Waals surface area (Å²) in [6, 6.07) is 0. The third kappa shape index (κ3) is 1.40. The van der Waals surface area contributed by atoms with Crippen molar-refractivity contribution in [2.24, 2.45) is 0 Å². The van der Waals surface area contributed by atoms with Crippen LogP contribution in [0.2, 0.25) is 4.47 Å². The van der Waals surface area contributed by atoms with E-state index in [1.165, 1.54) is 11.3 Å². The van der Waals surface area contributed by atoms with Crippen LogP contribution in [0.15, 0.2) is 9.98 Å². The SMILES string of the molecule is Clc1nc(Br)cs1. The second kappa shape index (κ2) is 2.11. The summed E-state index contributed by atoms with van der Waals surface area (Å²) in [5.74, 6) is 0. The quantitative estimate of drug-likeness (QED) is 0.624.